The molecule has 1 heterocycles. The zero-order valence-corrected chi connectivity index (χ0v) is 13.2. The van der Waals surface area contributed by atoms with E-state index in [1.165, 1.54) is 37.7 Å². The standard InChI is InChI=1S/C18H28N2O/c1-2-3-4-5-6-7-13-20-18(21)16-10-8-12-17-15(16)11-9-14-19-17/h8,10,12,19H,2-7,9,11,13-14H2,1H3,(H,20,21). The van der Waals surface area contributed by atoms with Gasteiger partial charge >= 0.3 is 0 Å². The predicted octanol–water partition coefficient (Wildman–Crippen LogP) is 4.14. The van der Waals surface area contributed by atoms with Crippen molar-refractivity contribution < 1.29 is 4.79 Å². The maximum absolute atomic E-state index is 12.3. The monoisotopic (exact) mass is 288 g/mol. The SMILES string of the molecule is CCCCCCCCNC(=O)c1cccc2c1CCCN2. The molecule has 0 fully saturated rings. The molecule has 0 radical (unpaired) electrons. The highest BCUT2D eigenvalue weighted by atomic mass is 16.1. The molecule has 0 unspecified atom stereocenters. The van der Waals surface area contributed by atoms with Crippen LogP contribution in [0, 0.1) is 0 Å². The number of amides is 1. The molecule has 0 bridgehead atoms. The Bertz CT molecular complexity index is 457. The Morgan fingerprint density at radius 2 is 2.00 bits per heavy atom. The fourth-order valence-electron chi connectivity index (χ4n) is 2.93. The Morgan fingerprint density at radius 3 is 2.86 bits per heavy atom. The van der Waals surface area contributed by atoms with Crippen LogP contribution in [0.1, 0.15) is 67.8 Å². The van der Waals surface area contributed by atoms with Gasteiger partial charge in [-0.25, -0.2) is 0 Å². The van der Waals surface area contributed by atoms with E-state index in [0.29, 0.717) is 0 Å². The molecule has 2 N–H and O–H groups in total. The predicted molar refractivity (Wildman–Crippen MR) is 89.0 cm³/mol. The molecule has 116 valence electrons. The Balaban J connectivity index is 1.76. The van der Waals surface area contributed by atoms with Gasteiger partial charge in [0, 0.05) is 24.3 Å². The molecule has 3 heteroatoms. The Morgan fingerprint density at radius 1 is 1.19 bits per heavy atom. The van der Waals surface area contributed by atoms with Crippen LogP contribution in [0.2, 0.25) is 0 Å². The quantitative estimate of drug-likeness (QED) is 0.706. The highest BCUT2D eigenvalue weighted by Gasteiger charge is 2.16. The summed E-state index contributed by atoms with van der Waals surface area (Å²) < 4.78 is 0. The van der Waals surface area contributed by atoms with E-state index < -0.39 is 0 Å². The van der Waals surface area contributed by atoms with Crippen molar-refractivity contribution >= 4 is 11.6 Å². The average molecular weight is 288 g/mol. The first-order valence-electron chi connectivity index (χ1n) is 8.47. The number of nitrogens with one attached hydrogen (secondary N) is 2. The number of anilines is 1. The number of fused-ring (bicyclic) bond motifs is 1. The van der Waals surface area contributed by atoms with Crippen LogP contribution >= 0.6 is 0 Å². The van der Waals surface area contributed by atoms with E-state index in [2.05, 4.69) is 23.6 Å². The zero-order chi connectivity index (χ0) is 14.9. The summed E-state index contributed by atoms with van der Waals surface area (Å²) in [4.78, 5) is 12.3. The second-order valence-corrected chi connectivity index (χ2v) is 5.89. The molecule has 1 aliphatic heterocycles. The Hall–Kier alpha value is -1.51. The summed E-state index contributed by atoms with van der Waals surface area (Å²) in [5, 5.41) is 6.45. The van der Waals surface area contributed by atoms with Crippen LogP contribution in [0.3, 0.4) is 0 Å². The third kappa shape index (κ3) is 4.76. The molecule has 1 aliphatic rings. The molecular formula is C18H28N2O. The van der Waals surface area contributed by atoms with Crippen molar-refractivity contribution in [3.63, 3.8) is 0 Å². The maximum Gasteiger partial charge on any atom is 0.251 e. The van der Waals surface area contributed by atoms with Gasteiger partial charge in [-0.05, 0) is 37.0 Å². The largest absolute Gasteiger partial charge is 0.385 e. The molecule has 1 amide bonds. The van der Waals surface area contributed by atoms with E-state index in [1.54, 1.807) is 0 Å². The topological polar surface area (TPSA) is 41.1 Å². The molecule has 1 aromatic rings. The minimum atomic E-state index is 0.0871. The summed E-state index contributed by atoms with van der Waals surface area (Å²) in [6.07, 6.45) is 9.63. The number of unbranched alkanes of at least 4 members (excludes halogenated alkanes) is 5. The Kier molecular flexibility index (Phi) is 6.58. The first-order chi connectivity index (χ1) is 10.3. The second-order valence-electron chi connectivity index (χ2n) is 5.89. The summed E-state index contributed by atoms with van der Waals surface area (Å²) in [5.41, 5.74) is 3.17. The highest BCUT2D eigenvalue weighted by molar-refractivity contribution is 5.97. The van der Waals surface area contributed by atoms with Crippen LogP contribution in [-0.4, -0.2) is 19.0 Å². The zero-order valence-electron chi connectivity index (χ0n) is 13.2. The van der Waals surface area contributed by atoms with E-state index in [0.717, 1.165) is 43.6 Å². The fraction of sp³-hybridized carbons (Fsp3) is 0.611. The van der Waals surface area contributed by atoms with E-state index in [1.807, 2.05) is 12.1 Å². The third-order valence-electron chi connectivity index (χ3n) is 4.16. The van der Waals surface area contributed by atoms with Crippen LogP contribution in [0.5, 0.6) is 0 Å². The third-order valence-corrected chi connectivity index (χ3v) is 4.16. The number of benzene rings is 1. The molecule has 0 saturated carbocycles. The van der Waals surface area contributed by atoms with Gasteiger partial charge in [0.15, 0.2) is 0 Å². The van der Waals surface area contributed by atoms with Gasteiger partial charge in [-0.2, -0.15) is 0 Å². The van der Waals surface area contributed by atoms with Gasteiger partial charge in [-0.1, -0.05) is 45.1 Å². The molecule has 1 aromatic carbocycles. The summed E-state index contributed by atoms with van der Waals surface area (Å²) in [5.74, 6) is 0.0871. The summed E-state index contributed by atoms with van der Waals surface area (Å²) >= 11 is 0. The number of rotatable bonds is 8. The smallest absolute Gasteiger partial charge is 0.251 e. The minimum Gasteiger partial charge on any atom is -0.385 e. The first-order valence-corrected chi connectivity index (χ1v) is 8.47. The molecular weight excluding hydrogens is 260 g/mol. The number of hydrogen-bond acceptors (Lipinski definition) is 2. The van der Waals surface area contributed by atoms with Crippen LogP contribution in [0.15, 0.2) is 18.2 Å². The van der Waals surface area contributed by atoms with Crippen LogP contribution in [0.4, 0.5) is 5.69 Å². The lowest BCUT2D eigenvalue weighted by molar-refractivity contribution is 0.0952. The minimum absolute atomic E-state index is 0.0871. The first kappa shape index (κ1) is 15.9. The van der Waals surface area contributed by atoms with Crippen molar-refractivity contribution in [3.8, 4) is 0 Å². The van der Waals surface area contributed by atoms with E-state index in [-0.39, 0.29) is 5.91 Å². The lowest BCUT2D eigenvalue weighted by atomic mass is 9.97. The summed E-state index contributed by atoms with van der Waals surface area (Å²) in [6.45, 7) is 4.04. The molecule has 2 rings (SSSR count). The van der Waals surface area contributed by atoms with E-state index in [4.69, 9.17) is 0 Å². The lowest BCUT2D eigenvalue weighted by Crippen LogP contribution is -2.27. The van der Waals surface area contributed by atoms with Crippen molar-refractivity contribution in [1.29, 1.82) is 0 Å². The van der Waals surface area contributed by atoms with Gasteiger partial charge in [0.05, 0.1) is 0 Å². The number of carbonyl (C=O) groups is 1. The Labute approximate surface area is 128 Å². The molecule has 0 saturated heterocycles. The maximum atomic E-state index is 12.3. The molecule has 0 aliphatic carbocycles. The van der Waals surface area contributed by atoms with Crippen molar-refractivity contribution in [2.24, 2.45) is 0 Å². The van der Waals surface area contributed by atoms with Crippen molar-refractivity contribution in [2.75, 3.05) is 18.4 Å². The summed E-state index contributed by atoms with van der Waals surface area (Å²) in [7, 11) is 0. The lowest BCUT2D eigenvalue weighted by Gasteiger charge is -2.20. The van der Waals surface area contributed by atoms with Crippen molar-refractivity contribution in [3.05, 3.63) is 29.3 Å². The fourth-order valence-corrected chi connectivity index (χ4v) is 2.93. The van der Waals surface area contributed by atoms with Gasteiger partial charge in [-0.15, -0.1) is 0 Å². The van der Waals surface area contributed by atoms with Gasteiger partial charge in [0.25, 0.3) is 5.91 Å². The second kappa shape index (κ2) is 8.71. The molecule has 0 spiro atoms. The van der Waals surface area contributed by atoms with Crippen LogP contribution in [0.25, 0.3) is 0 Å². The van der Waals surface area contributed by atoms with Crippen molar-refractivity contribution in [2.45, 2.75) is 58.3 Å². The van der Waals surface area contributed by atoms with Gasteiger partial charge < -0.3 is 10.6 Å². The molecule has 21 heavy (non-hydrogen) atoms. The molecule has 3 nitrogen and oxygen atoms in total. The molecule has 0 atom stereocenters. The normalized spacial score (nSPS) is 13.4. The number of carbonyl (C=O) groups excluding carboxylic acids is 1. The molecule has 0 aromatic heterocycles. The van der Waals surface area contributed by atoms with Crippen LogP contribution in [-0.2, 0) is 6.42 Å². The van der Waals surface area contributed by atoms with E-state index >= 15 is 0 Å². The highest BCUT2D eigenvalue weighted by Crippen LogP contribution is 2.25. The van der Waals surface area contributed by atoms with Gasteiger partial charge in [0.2, 0.25) is 0 Å². The summed E-state index contributed by atoms with van der Waals surface area (Å²) in [6, 6.07) is 5.98. The van der Waals surface area contributed by atoms with E-state index in [9.17, 15) is 4.79 Å². The van der Waals surface area contributed by atoms with Gasteiger partial charge in [0.1, 0.15) is 0 Å². The van der Waals surface area contributed by atoms with Crippen molar-refractivity contribution in [1.82, 2.24) is 5.32 Å². The number of hydrogen-bond donors (Lipinski definition) is 2. The van der Waals surface area contributed by atoms with Crippen LogP contribution < -0.4 is 10.6 Å². The van der Waals surface area contributed by atoms with Gasteiger partial charge in [-0.3, -0.25) is 4.79 Å². The average Bonchev–Trinajstić information content (AvgIpc) is 2.53.